The molecule has 0 aliphatic carbocycles. The fourth-order valence-electron chi connectivity index (χ4n) is 2.82. The van der Waals surface area contributed by atoms with Crippen molar-refractivity contribution < 1.29 is 0 Å². The second kappa shape index (κ2) is 6.56. The van der Waals surface area contributed by atoms with Gasteiger partial charge in [0, 0.05) is 24.5 Å². The summed E-state index contributed by atoms with van der Waals surface area (Å²) in [5.74, 6) is 1.87. The van der Waals surface area contributed by atoms with E-state index in [1.165, 1.54) is 0 Å². The van der Waals surface area contributed by atoms with Gasteiger partial charge in [-0.05, 0) is 24.5 Å². The fourth-order valence-corrected chi connectivity index (χ4v) is 2.82. The Morgan fingerprint density at radius 1 is 1.29 bits per heavy atom. The normalized spacial score (nSPS) is 23.0. The van der Waals surface area contributed by atoms with E-state index in [9.17, 15) is 0 Å². The summed E-state index contributed by atoms with van der Waals surface area (Å²) in [6.07, 6.45) is 1.03. The van der Waals surface area contributed by atoms with Gasteiger partial charge in [-0.25, -0.2) is 9.97 Å². The van der Waals surface area contributed by atoms with Crippen molar-refractivity contribution in [2.45, 2.75) is 25.9 Å². The Morgan fingerprint density at radius 3 is 2.81 bits per heavy atom. The number of halogens is 1. The maximum absolute atomic E-state index is 6.05. The Morgan fingerprint density at radius 2 is 2.05 bits per heavy atom. The number of nitrogens with zero attached hydrogens (tertiary/aromatic N) is 3. The van der Waals surface area contributed by atoms with Gasteiger partial charge in [-0.2, -0.15) is 0 Å². The van der Waals surface area contributed by atoms with Crippen LogP contribution in [0.3, 0.4) is 0 Å². The van der Waals surface area contributed by atoms with Crippen LogP contribution in [0.2, 0.25) is 0 Å². The summed E-state index contributed by atoms with van der Waals surface area (Å²) in [5, 5.41) is 0.922. The first-order valence-corrected chi connectivity index (χ1v) is 7.12. The van der Waals surface area contributed by atoms with Gasteiger partial charge < -0.3 is 11.5 Å². The number of nitrogen functional groups attached to an aromatic ring is 1. The minimum absolute atomic E-state index is 0. The highest BCUT2D eigenvalue weighted by Crippen LogP contribution is 2.20. The zero-order valence-corrected chi connectivity index (χ0v) is 13.0. The van der Waals surface area contributed by atoms with E-state index >= 15 is 0 Å². The average molecular weight is 308 g/mol. The molecule has 1 aromatic carbocycles. The van der Waals surface area contributed by atoms with E-state index in [-0.39, 0.29) is 12.4 Å². The molecule has 6 heteroatoms. The van der Waals surface area contributed by atoms with E-state index in [2.05, 4.69) is 21.8 Å². The van der Waals surface area contributed by atoms with Gasteiger partial charge in [0.1, 0.15) is 11.6 Å². The molecule has 0 saturated carbocycles. The molecule has 0 radical (unpaired) electrons. The van der Waals surface area contributed by atoms with E-state index in [0.29, 0.717) is 17.8 Å². The summed E-state index contributed by atoms with van der Waals surface area (Å²) >= 11 is 0. The van der Waals surface area contributed by atoms with Crippen LogP contribution in [0.15, 0.2) is 24.3 Å². The standard InChI is InChI=1S/C15H21N5.ClH/c1-10-8-20(7-6-12(10)16)9-14-18-13-5-3-2-4-11(13)15(17)19-14;/h2-5,10,12H,6-9,16H2,1H3,(H2,17,18,19);1H. The number of hydrogen-bond donors (Lipinski definition) is 2. The Labute approximate surface area is 131 Å². The molecule has 2 unspecified atom stereocenters. The molecule has 114 valence electrons. The molecule has 0 bridgehead atoms. The topological polar surface area (TPSA) is 81.1 Å². The fraction of sp³-hybridized carbons (Fsp3) is 0.467. The van der Waals surface area contributed by atoms with E-state index in [0.717, 1.165) is 42.8 Å². The molecular weight excluding hydrogens is 286 g/mol. The first-order valence-electron chi connectivity index (χ1n) is 7.12. The summed E-state index contributed by atoms with van der Waals surface area (Å²) in [7, 11) is 0. The number of benzene rings is 1. The minimum atomic E-state index is 0. The summed E-state index contributed by atoms with van der Waals surface area (Å²) in [6, 6.07) is 8.17. The quantitative estimate of drug-likeness (QED) is 0.884. The molecule has 2 atom stereocenters. The van der Waals surface area contributed by atoms with Crippen molar-refractivity contribution in [2.75, 3.05) is 18.8 Å². The Kier molecular flexibility index (Phi) is 4.98. The molecule has 0 amide bonds. The number of hydrogen-bond acceptors (Lipinski definition) is 5. The number of para-hydroxylation sites is 1. The van der Waals surface area contributed by atoms with E-state index in [4.69, 9.17) is 11.5 Å². The molecule has 1 aliphatic rings. The third kappa shape index (κ3) is 3.43. The lowest BCUT2D eigenvalue weighted by Gasteiger charge is -2.34. The molecular formula is C15H22ClN5. The maximum Gasteiger partial charge on any atom is 0.145 e. The van der Waals surface area contributed by atoms with Crippen LogP contribution in [0, 0.1) is 5.92 Å². The zero-order chi connectivity index (χ0) is 14.1. The second-order valence-electron chi connectivity index (χ2n) is 5.71. The van der Waals surface area contributed by atoms with Gasteiger partial charge in [-0.3, -0.25) is 4.90 Å². The van der Waals surface area contributed by atoms with Gasteiger partial charge in [0.05, 0.1) is 12.1 Å². The number of aromatic nitrogens is 2. The van der Waals surface area contributed by atoms with E-state index in [1.807, 2.05) is 24.3 Å². The van der Waals surface area contributed by atoms with E-state index in [1.54, 1.807) is 0 Å². The lowest BCUT2D eigenvalue weighted by atomic mass is 9.95. The third-order valence-corrected chi connectivity index (χ3v) is 4.10. The van der Waals surface area contributed by atoms with Crippen LogP contribution in [0.25, 0.3) is 10.9 Å². The molecule has 2 heterocycles. The molecule has 1 aromatic heterocycles. The van der Waals surface area contributed by atoms with Gasteiger partial charge in [0.2, 0.25) is 0 Å². The molecule has 4 N–H and O–H groups in total. The van der Waals surface area contributed by atoms with Crippen LogP contribution < -0.4 is 11.5 Å². The lowest BCUT2D eigenvalue weighted by Crippen LogP contribution is -2.45. The predicted molar refractivity (Wildman–Crippen MR) is 88.2 cm³/mol. The molecule has 1 fully saturated rings. The number of piperidine rings is 1. The number of nitrogens with two attached hydrogens (primary N) is 2. The Bertz CT molecular complexity index is 618. The Hall–Kier alpha value is -1.43. The zero-order valence-electron chi connectivity index (χ0n) is 12.2. The summed E-state index contributed by atoms with van der Waals surface area (Å²) in [4.78, 5) is 11.4. The predicted octanol–water partition coefficient (Wildman–Crippen LogP) is 1.80. The number of fused-ring (bicyclic) bond motifs is 1. The summed E-state index contributed by atoms with van der Waals surface area (Å²) in [5.41, 5.74) is 13.0. The lowest BCUT2D eigenvalue weighted by molar-refractivity contribution is 0.154. The summed E-state index contributed by atoms with van der Waals surface area (Å²) < 4.78 is 0. The van der Waals surface area contributed by atoms with Gasteiger partial charge in [-0.1, -0.05) is 19.1 Å². The molecule has 1 aliphatic heterocycles. The van der Waals surface area contributed by atoms with Crippen molar-refractivity contribution in [1.29, 1.82) is 0 Å². The third-order valence-electron chi connectivity index (χ3n) is 4.10. The first-order chi connectivity index (χ1) is 9.63. The van der Waals surface area contributed by atoms with Crippen LogP contribution in [-0.4, -0.2) is 34.0 Å². The largest absolute Gasteiger partial charge is 0.383 e. The summed E-state index contributed by atoms with van der Waals surface area (Å²) in [6.45, 7) is 4.94. The van der Waals surface area contributed by atoms with Crippen molar-refractivity contribution in [3.8, 4) is 0 Å². The minimum Gasteiger partial charge on any atom is -0.383 e. The number of rotatable bonds is 2. The number of anilines is 1. The average Bonchev–Trinajstić information content (AvgIpc) is 2.43. The molecule has 0 spiro atoms. The first kappa shape index (κ1) is 15.9. The highest BCUT2D eigenvalue weighted by atomic mass is 35.5. The van der Waals surface area contributed by atoms with E-state index < -0.39 is 0 Å². The van der Waals surface area contributed by atoms with Crippen molar-refractivity contribution in [1.82, 2.24) is 14.9 Å². The monoisotopic (exact) mass is 307 g/mol. The van der Waals surface area contributed by atoms with Crippen molar-refractivity contribution >= 4 is 29.1 Å². The highest BCUT2D eigenvalue weighted by molar-refractivity contribution is 5.87. The van der Waals surface area contributed by atoms with Gasteiger partial charge in [0.25, 0.3) is 0 Å². The molecule has 2 aromatic rings. The van der Waals surface area contributed by atoms with Gasteiger partial charge in [0.15, 0.2) is 0 Å². The van der Waals surface area contributed by atoms with Gasteiger partial charge in [-0.15, -0.1) is 12.4 Å². The Balaban J connectivity index is 0.00000161. The van der Waals surface area contributed by atoms with Crippen molar-refractivity contribution in [3.05, 3.63) is 30.1 Å². The van der Waals surface area contributed by atoms with Crippen LogP contribution in [-0.2, 0) is 6.54 Å². The van der Waals surface area contributed by atoms with Crippen LogP contribution in [0.1, 0.15) is 19.2 Å². The van der Waals surface area contributed by atoms with Crippen molar-refractivity contribution in [3.63, 3.8) is 0 Å². The molecule has 1 saturated heterocycles. The molecule has 5 nitrogen and oxygen atoms in total. The SMILES string of the molecule is CC1CN(Cc2nc(N)c3ccccc3n2)CCC1N.Cl. The molecule has 21 heavy (non-hydrogen) atoms. The highest BCUT2D eigenvalue weighted by Gasteiger charge is 2.23. The smallest absolute Gasteiger partial charge is 0.145 e. The van der Waals surface area contributed by atoms with Crippen LogP contribution >= 0.6 is 12.4 Å². The van der Waals surface area contributed by atoms with Crippen LogP contribution in [0.5, 0.6) is 0 Å². The van der Waals surface area contributed by atoms with Crippen molar-refractivity contribution in [2.24, 2.45) is 11.7 Å². The number of likely N-dealkylation sites (tertiary alicyclic amines) is 1. The molecule has 3 rings (SSSR count). The van der Waals surface area contributed by atoms with Crippen LogP contribution in [0.4, 0.5) is 5.82 Å². The second-order valence-corrected chi connectivity index (χ2v) is 5.71. The maximum atomic E-state index is 6.05. The van der Waals surface area contributed by atoms with Gasteiger partial charge >= 0.3 is 0 Å².